The SMILES string of the molecule is CN1CCC(n2cncc2-c2cccc3c2NCC3)CC1. The number of imidazole rings is 1. The topological polar surface area (TPSA) is 33.1 Å². The summed E-state index contributed by atoms with van der Waals surface area (Å²) in [7, 11) is 2.21. The average Bonchev–Trinajstić information content (AvgIpc) is 3.16. The molecule has 1 aromatic heterocycles. The van der Waals surface area contributed by atoms with Crippen molar-refractivity contribution in [1.82, 2.24) is 14.5 Å². The summed E-state index contributed by atoms with van der Waals surface area (Å²) in [4.78, 5) is 6.85. The van der Waals surface area contributed by atoms with Gasteiger partial charge in [-0.05, 0) is 45.0 Å². The molecule has 2 aromatic rings. The van der Waals surface area contributed by atoms with Crippen molar-refractivity contribution >= 4 is 5.69 Å². The van der Waals surface area contributed by atoms with E-state index in [0.717, 1.165) is 13.0 Å². The Labute approximate surface area is 125 Å². The predicted octanol–water partition coefficient (Wildman–Crippen LogP) is 2.78. The van der Waals surface area contributed by atoms with Gasteiger partial charge in [-0.25, -0.2) is 4.98 Å². The molecular formula is C17H22N4. The fourth-order valence-electron chi connectivity index (χ4n) is 3.63. The highest BCUT2D eigenvalue weighted by Gasteiger charge is 2.23. The first kappa shape index (κ1) is 12.9. The minimum atomic E-state index is 0.580. The Balaban J connectivity index is 1.71. The smallest absolute Gasteiger partial charge is 0.0953 e. The molecule has 4 nitrogen and oxygen atoms in total. The number of rotatable bonds is 2. The van der Waals surface area contributed by atoms with E-state index in [1.807, 2.05) is 12.5 Å². The van der Waals surface area contributed by atoms with Crippen molar-refractivity contribution in [2.45, 2.75) is 25.3 Å². The lowest BCUT2D eigenvalue weighted by atomic mass is 10.0. The Hall–Kier alpha value is -1.81. The lowest BCUT2D eigenvalue weighted by Gasteiger charge is -2.31. The van der Waals surface area contributed by atoms with Crippen LogP contribution in [0.1, 0.15) is 24.4 Å². The molecule has 0 amide bonds. The zero-order chi connectivity index (χ0) is 14.2. The van der Waals surface area contributed by atoms with E-state index >= 15 is 0 Å². The van der Waals surface area contributed by atoms with E-state index in [4.69, 9.17) is 0 Å². The second-order valence-corrected chi connectivity index (χ2v) is 6.24. The quantitative estimate of drug-likeness (QED) is 0.919. The third-order valence-corrected chi connectivity index (χ3v) is 4.87. The second kappa shape index (κ2) is 5.19. The lowest BCUT2D eigenvalue weighted by Crippen LogP contribution is -2.31. The summed E-state index contributed by atoms with van der Waals surface area (Å²) in [5, 5.41) is 3.54. The molecule has 0 spiro atoms. The van der Waals surface area contributed by atoms with Crippen molar-refractivity contribution in [2.24, 2.45) is 0 Å². The number of para-hydroxylation sites is 1. The zero-order valence-corrected chi connectivity index (χ0v) is 12.5. The summed E-state index contributed by atoms with van der Waals surface area (Å²) in [6.07, 6.45) is 7.59. The molecule has 0 radical (unpaired) electrons. The van der Waals surface area contributed by atoms with Crippen LogP contribution < -0.4 is 5.32 Å². The molecule has 0 atom stereocenters. The molecule has 4 heteroatoms. The summed E-state index contributed by atoms with van der Waals surface area (Å²) in [5.41, 5.74) is 5.31. The first-order valence-corrected chi connectivity index (χ1v) is 7.89. The van der Waals surface area contributed by atoms with Gasteiger partial charge in [0.25, 0.3) is 0 Å². The van der Waals surface area contributed by atoms with Crippen LogP contribution in [0.2, 0.25) is 0 Å². The molecule has 2 aliphatic rings. The van der Waals surface area contributed by atoms with Crippen LogP contribution in [0.25, 0.3) is 11.3 Å². The first-order valence-electron chi connectivity index (χ1n) is 7.89. The van der Waals surface area contributed by atoms with E-state index in [1.54, 1.807) is 0 Å². The molecule has 1 fully saturated rings. The molecule has 0 unspecified atom stereocenters. The highest BCUT2D eigenvalue weighted by Crippen LogP contribution is 2.36. The molecule has 1 N–H and O–H groups in total. The van der Waals surface area contributed by atoms with E-state index in [2.05, 4.69) is 45.0 Å². The van der Waals surface area contributed by atoms with Crippen LogP contribution >= 0.6 is 0 Å². The van der Waals surface area contributed by atoms with Gasteiger partial charge in [-0.2, -0.15) is 0 Å². The van der Waals surface area contributed by atoms with Gasteiger partial charge in [0.05, 0.1) is 18.2 Å². The van der Waals surface area contributed by atoms with Gasteiger partial charge in [0.1, 0.15) is 0 Å². The fraction of sp³-hybridized carbons (Fsp3) is 0.471. The van der Waals surface area contributed by atoms with E-state index in [-0.39, 0.29) is 0 Å². The van der Waals surface area contributed by atoms with E-state index < -0.39 is 0 Å². The van der Waals surface area contributed by atoms with Crippen LogP contribution in [-0.2, 0) is 6.42 Å². The molecular weight excluding hydrogens is 260 g/mol. The first-order chi connectivity index (χ1) is 10.3. The Morgan fingerprint density at radius 2 is 2.10 bits per heavy atom. The van der Waals surface area contributed by atoms with Gasteiger partial charge in [0.15, 0.2) is 0 Å². The second-order valence-electron chi connectivity index (χ2n) is 6.24. The van der Waals surface area contributed by atoms with Crippen LogP contribution in [0.15, 0.2) is 30.7 Å². The van der Waals surface area contributed by atoms with E-state index in [9.17, 15) is 0 Å². The molecule has 110 valence electrons. The summed E-state index contributed by atoms with van der Waals surface area (Å²) in [5.74, 6) is 0. The summed E-state index contributed by atoms with van der Waals surface area (Å²) >= 11 is 0. The number of aromatic nitrogens is 2. The molecule has 21 heavy (non-hydrogen) atoms. The Morgan fingerprint density at radius 3 is 2.95 bits per heavy atom. The number of benzene rings is 1. The average molecular weight is 282 g/mol. The fourth-order valence-corrected chi connectivity index (χ4v) is 3.63. The van der Waals surface area contributed by atoms with Crippen LogP contribution in [0.3, 0.4) is 0 Å². The molecule has 0 saturated carbocycles. The maximum atomic E-state index is 4.44. The third-order valence-electron chi connectivity index (χ3n) is 4.87. The number of nitrogens with one attached hydrogen (secondary N) is 1. The van der Waals surface area contributed by atoms with Crippen molar-refractivity contribution in [2.75, 3.05) is 32.0 Å². The Morgan fingerprint density at radius 1 is 1.24 bits per heavy atom. The van der Waals surface area contributed by atoms with E-state index in [1.165, 1.54) is 48.4 Å². The number of hydrogen-bond donors (Lipinski definition) is 1. The van der Waals surface area contributed by atoms with Crippen LogP contribution in [0.4, 0.5) is 5.69 Å². The minimum Gasteiger partial charge on any atom is -0.384 e. The monoisotopic (exact) mass is 282 g/mol. The zero-order valence-electron chi connectivity index (χ0n) is 12.5. The number of nitrogens with zero attached hydrogens (tertiary/aromatic N) is 3. The normalized spacial score (nSPS) is 19.5. The molecule has 0 aliphatic carbocycles. The van der Waals surface area contributed by atoms with Gasteiger partial charge in [0.2, 0.25) is 0 Å². The third kappa shape index (κ3) is 2.23. The highest BCUT2D eigenvalue weighted by atomic mass is 15.1. The van der Waals surface area contributed by atoms with Gasteiger partial charge in [-0.3, -0.25) is 0 Å². The largest absolute Gasteiger partial charge is 0.384 e. The van der Waals surface area contributed by atoms with Crippen LogP contribution in [-0.4, -0.2) is 41.1 Å². The molecule has 1 aromatic carbocycles. The van der Waals surface area contributed by atoms with Crippen molar-refractivity contribution in [1.29, 1.82) is 0 Å². The van der Waals surface area contributed by atoms with Crippen LogP contribution in [0.5, 0.6) is 0 Å². The highest BCUT2D eigenvalue weighted by molar-refractivity contribution is 5.79. The molecule has 4 rings (SSSR count). The molecule has 0 bridgehead atoms. The number of hydrogen-bond acceptors (Lipinski definition) is 3. The number of anilines is 1. The van der Waals surface area contributed by atoms with Crippen molar-refractivity contribution in [3.05, 3.63) is 36.3 Å². The molecule has 3 heterocycles. The van der Waals surface area contributed by atoms with Crippen molar-refractivity contribution < 1.29 is 0 Å². The number of piperidine rings is 1. The van der Waals surface area contributed by atoms with Gasteiger partial charge in [0, 0.05) is 23.8 Å². The van der Waals surface area contributed by atoms with Crippen LogP contribution in [0, 0.1) is 0 Å². The Kier molecular flexibility index (Phi) is 3.19. The number of likely N-dealkylation sites (tertiary alicyclic amines) is 1. The number of fused-ring (bicyclic) bond motifs is 1. The van der Waals surface area contributed by atoms with Gasteiger partial charge in [-0.1, -0.05) is 18.2 Å². The lowest BCUT2D eigenvalue weighted by molar-refractivity contribution is 0.222. The maximum absolute atomic E-state index is 4.44. The maximum Gasteiger partial charge on any atom is 0.0953 e. The molecule has 2 aliphatic heterocycles. The van der Waals surface area contributed by atoms with E-state index in [0.29, 0.717) is 6.04 Å². The van der Waals surface area contributed by atoms with Gasteiger partial charge < -0.3 is 14.8 Å². The van der Waals surface area contributed by atoms with Gasteiger partial charge in [-0.15, -0.1) is 0 Å². The minimum absolute atomic E-state index is 0.580. The Bertz CT molecular complexity index is 638. The summed E-state index contributed by atoms with van der Waals surface area (Å²) in [6.45, 7) is 3.40. The molecule has 1 saturated heterocycles. The van der Waals surface area contributed by atoms with Crippen molar-refractivity contribution in [3.8, 4) is 11.3 Å². The summed E-state index contributed by atoms with van der Waals surface area (Å²) in [6, 6.07) is 7.21. The van der Waals surface area contributed by atoms with Gasteiger partial charge >= 0.3 is 0 Å². The predicted molar refractivity (Wildman–Crippen MR) is 85.6 cm³/mol. The van der Waals surface area contributed by atoms with Crippen molar-refractivity contribution in [3.63, 3.8) is 0 Å². The standard InChI is InChI=1S/C17H22N4/c1-20-9-6-14(7-10-20)21-12-18-11-16(21)15-4-2-3-13-5-8-19-17(13)15/h2-4,11-12,14,19H,5-10H2,1H3. The summed E-state index contributed by atoms with van der Waals surface area (Å²) < 4.78 is 2.39.